The third kappa shape index (κ3) is 4.17. The molecule has 0 aliphatic rings. The fraction of sp³-hybridized carbons (Fsp3) is 0.176. The minimum atomic E-state index is -0.804. The van der Waals surface area contributed by atoms with Crippen LogP contribution in [0.4, 0.5) is 11.4 Å². The van der Waals surface area contributed by atoms with Crippen molar-refractivity contribution < 1.29 is 19.1 Å². The molecule has 0 aliphatic heterocycles. The number of methoxy groups -OCH3 is 2. The molecular formula is C17H17ClN2O4. The number of halogens is 1. The molecule has 0 heterocycles. The summed E-state index contributed by atoms with van der Waals surface area (Å²) in [5.41, 5.74) is 1.69. The minimum absolute atomic E-state index is 0.413. The van der Waals surface area contributed by atoms with Crippen LogP contribution in [0.5, 0.6) is 11.5 Å². The first-order valence-corrected chi connectivity index (χ1v) is 7.43. The lowest BCUT2D eigenvalue weighted by Gasteiger charge is -2.11. The molecule has 2 amide bonds. The number of ether oxygens (including phenoxy) is 2. The van der Waals surface area contributed by atoms with Gasteiger partial charge in [-0.15, -0.1) is 0 Å². The van der Waals surface area contributed by atoms with Crippen molar-refractivity contribution in [3.63, 3.8) is 0 Å². The van der Waals surface area contributed by atoms with Gasteiger partial charge in [-0.25, -0.2) is 0 Å². The van der Waals surface area contributed by atoms with Gasteiger partial charge in [-0.2, -0.15) is 0 Å². The average molecular weight is 349 g/mol. The average Bonchev–Trinajstić information content (AvgIpc) is 2.57. The molecule has 0 aliphatic carbocycles. The zero-order valence-corrected chi connectivity index (χ0v) is 14.2. The van der Waals surface area contributed by atoms with Gasteiger partial charge in [-0.3, -0.25) is 9.59 Å². The Morgan fingerprint density at radius 1 is 0.917 bits per heavy atom. The summed E-state index contributed by atoms with van der Waals surface area (Å²) in [6.07, 6.45) is 0. The summed E-state index contributed by atoms with van der Waals surface area (Å²) in [4.78, 5) is 24.1. The summed E-state index contributed by atoms with van der Waals surface area (Å²) in [5.74, 6) is -0.632. The molecule has 126 valence electrons. The number of aryl methyl sites for hydroxylation is 1. The lowest BCUT2D eigenvalue weighted by molar-refractivity contribution is -0.133. The number of amides is 2. The lowest BCUT2D eigenvalue weighted by Crippen LogP contribution is -2.29. The summed E-state index contributed by atoms with van der Waals surface area (Å²) in [5, 5.41) is 5.50. The van der Waals surface area contributed by atoms with Crippen molar-refractivity contribution in [1.82, 2.24) is 0 Å². The van der Waals surface area contributed by atoms with Gasteiger partial charge in [-0.05, 0) is 36.8 Å². The maximum absolute atomic E-state index is 12.0. The normalized spacial score (nSPS) is 10.0. The number of hydrogen-bond acceptors (Lipinski definition) is 4. The molecule has 0 atom stereocenters. The number of benzene rings is 2. The third-order valence-electron chi connectivity index (χ3n) is 3.30. The monoisotopic (exact) mass is 348 g/mol. The van der Waals surface area contributed by atoms with E-state index in [0.29, 0.717) is 27.9 Å². The second kappa shape index (κ2) is 7.70. The van der Waals surface area contributed by atoms with Crippen LogP contribution in [0.1, 0.15) is 5.56 Å². The van der Waals surface area contributed by atoms with E-state index in [1.165, 1.54) is 14.2 Å². The van der Waals surface area contributed by atoms with Crippen molar-refractivity contribution in [2.24, 2.45) is 0 Å². The van der Waals surface area contributed by atoms with Crippen LogP contribution in [0.2, 0.25) is 5.02 Å². The predicted octanol–water partition coefficient (Wildman–Crippen LogP) is 3.24. The van der Waals surface area contributed by atoms with Gasteiger partial charge in [0.05, 0.1) is 14.2 Å². The Labute approximate surface area is 144 Å². The second-order valence-electron chi connectivity index (χ2n) is 4.94. The third-order valence-corrected chi connectivity index (χ3v) is 3.53. The molecule has 24 heavy (non-hydrogen) atoms. The standard InChI is InChI=1S/C17H17ClN2O4/c1-10-4-5-11(18)8-13(10)20-17(22)16(21)19-12-6-7-14(23-2)15(9-12)24-3/h4-9H,1-3H3,(H,19,21)(H,20,22). The van der Waals surface area contributed by atoms with Gasteiger partial charge >= 0.3 is 11.8 Å². The Balaban J connectivity index is 2.09. The molecule has 0 bridgehead atoms. The number of carbonyl (C=O) groups excluding carboxylic acids is 2. The maximum Gasteiger partial charge on any atom is 0.314 e. The zero-order chi connectivity index (χ0) is 17.7. The highest BCUT2D eigenvalue weighted by molar-refractivity contribution is 6.43. The van der Waals surface area contributed by atoms with Crippen LogP contribution in [0, 0.1) is 6.92 Å². The number of anilines is 2. The van der Waals surface area contributed by atoms with Gasteiger partial charge < -0.3 is 20.1 Å². The van der Waals surface area contributed by atoms with Crippen molar-refractivity contribution in [3.8, 4) is 11.5 Å². The van der Waals surface area contributed by atoms with Gasteiger partial charge in [0.15, 0.2) is 11.5 Å². The van der Waals surface area contributed by atoms with E-state index < -0.39 is 11.8 Å². The highest BCUT2D eigenvalue weighted by Gasteiger charge is 2.16. The highest BCUT2D eigenvalue weighted by Crippen LogP contribution is 2.29. The molecule has 0 aromatic heterocycles. The Hall–Kier alpha value is -2.73. The number of carbonyl (C=O) groups is 2. The Morgan fingerprint density at radius 2 is 1.58 bits per heavy atom. The SMILES string of the molecule is COc1ccc(NC(=O)C(=O)Nc2cc(Cl)ccc2C)cc1OC. The molecule has 0 spiro atoms. The van der Waals surface area contributed by atoms with Crippen LogP contribution < -0.4 is 20.1 Å². The molecule has 2 N–H and O–H groups in total. The summed E-state index contributed by atoms with van der Waals surface area (Å²) in [6.45, 7) is 1.80. The summed E-state index contributed by atoms with van der Waals surface area (Å²) < 4.78 is 10.3. The second-order valence-corrected chi connectivity index (χ2v) is 5.37. The van der Waals surface area contributed by atoms with Crippen LogP contribution in [0.15, 0.2) is 36.4 Å². The maximum atomic E-state index is 12.0. The van der Waals surface area contributed by atoms with Gasteiger partial charge in [0.2, 0.25) is 0 Å². The Kier molecular flexibility index (Phi) is 5.65. The minimum Gasteiger partial charge on any atom is -0.493 e. The van der Waals surface area contributed by atoms with Crippen LogP contribution in [0.3, 0.4) is 0 Å². The Bertz CT molecular complexity index is 777. The topological polar surface area (TPSA) is 76.7 Å². The summed E-state index contributed by atoms with van der Waals surface area (Å²) >= 11 is 5.89. The van der Waals surface area contributed by atoms with Crippen LogP contribution in [-0.2, 0) is 9.59 Å². The fourth-order valence-electron chi connectivity index (χ4n) is 2.01. The van der Waals surface area contributed by atoms with Gasteiger partial charge in [-0.1, -0.05) is 17.7 Å². The quantitative estimate of drug-likeness (QED) is 0.831. The van der Waals surface area contributed by atoms with Crippen LogP contribution >= 0.6 is 11.6 Å². The molecule has 0 saturated heterocycles. The molecule has 0 saturated carbocycles. The van der Waals surface area contributed by atoms with Gasteiger partial charge in [0.1, 0.15) is 0 Å². The Morgan fingerprint density at radius 3 is 2.25 bits per heavy atom. The first-order valence-electron chi connectivity index (χ1n) is 7.05. The van der Waals surface area contributed by atoms with E-state index in [1.54, 1.807) is 43.3 Å². The number of hydrogen-bond donors (Lipinski definition) is 2. The predicted molar refractivity (Wildman–Crippen MR) is 93.0 cm³/mol. The van der Waals surface area contributed by atoms with Crippen molar-refractivity contribution in [2.45, 2.75) is 6.92 Å². The summed E-state index contributed by atoms with van der Waals surface area (Å²) in [7, 11) is 3.00. The van der Waals surface area contributed by atoms with Crippen molar-refractivity contribution in [2.75, 3.05) is 24.9 Å². The first kappa shape index (κ1) is 17.6. The van der Waals surface area contributed by atoms with E-state index in [2.05, 4.69) is 10.6 Å². The van der Waals surface area contributed by atoms with Crippen LogP contribution in [0.25, 0.3) is 0 Å². The van der Waals surface area contributed by atoms with E-state index in [0.717, 1.165) is 5.56 Å². The largest absolute Gasteiger partial charge is 0.493 e. The summed E-state index contributed by atoms with van der Waals surface area (Å²) in [6, 6.07) is 9.85. The molecule has 0 radical (unpaired) electrons. The van der Waals surface area contributed by atoms with Gasteiger partial charge in [0, 0.05) is 22.5 Å². The van der Waals surface area contributed by atoms with Crippen molar-refractivity contribution >= 4 is 34.8 Å². The molecule has 2 aromatic rings. The van der Waals surface area contributed by atoms with Crippen molar-refractivity contribution in [3.05, 3.63) is 47.0 Å². The van der Waals surface area contributed by atoms with Crippen molar-refractivity contribution in [1.29, 1.82) is 0 Å². The smallest absolute Gasteiger partial charge is 0.314 e. The van der Waals surface area contributed by atoms with E-state index in [4.69, 9.17) is 21.1 Å². The molecular weight excluding hydrogens is 332 g/mol. The molecule has 6 nitrogen and oxygen atoms in total. The van der Waals surface area contributed by atoms with Crippen LogP contribution in [-0.4, -0.2) is 26.0 Å². The fourth-order valence-corrected chi connectivity index (χ4v) is 2.18. The number of nitrogens with one attached hydrogen (secondary N) is 2. The van der Waals surface area contributed by atoms with E-state index >= 15 is 0 Å². The van der Waals surface area contributed by atoms with E-state index in [1.807, 2.05) is 0 Å². The van der Waals surface area contributed by atoms with E-state index in [-0.39, 0.29) is 0 Å². The number of rotatable bonds is 4. The molecule has 0 fully saturated rings. The molecule has 0 unspecified atom stereocenters. The van der Waals surface area contributed by atoms with Gasteiger partial charge in [0.25, 0.3) is 0 Å². The highest BCUT2D eigenvalue weighted by atomic mass is 35.5. The molecule has 2 rings (SSSR count). The molecule has 7 heteroatoms. The van der Waals surface area contributed by atoms with E-state index in [9.17, 15) is 9.59 Å². The molecule has 2 aromatic carbocycles. The first-order chi connectivity index (χ1) is 11.4. The zero-order valence-electron chi connectivity index (χ0n) is 13.5. The lowest BCUT2D eigenvalue weighted by atomic mass is 10.2.